The Bertz CT molecular complexity index is 1600. The highest BCUT2D eigenvalue weighted by Gasteiger charge is 2.54. The van der Waals surface area contributed by atoms with E-state index in [2.05, 4.69) is 30.1 Å². The molecule has 0 aromatic heterocycles. The maximum atomic E-state index is 13.7. The average Bonchev–Trinajstić information content (AvgIpc) is 3.09. The molecular weight excluding hydrogens is 636 g/mol. The van der Waals surface area contributed by atoms with Crippen LogP contribution in [0.3, 0.4) is 0 Å². The van der Waals surface area contributed by atoms with Crippen LogP contribution < -0.4 is 0 Å². The first-order chi connectivity index (χ1) is 23.7. The van der Waals surface area contributed by atoms with Crippen molar-refractivity contribution < 1.29 is 33.3 Å². The Kier molecular flexibility index (Phi) is 13.1. The van der Waals surface area contributed by atoms with Crippen molar-refractivity contribution in [1.29, 1.82) is 0 Å². The summed E-state index contributed by atoms with van der Waals surface area (Å²) in [6.07, 6.45) is -4.26. The Hall–Kier alpha value is -5.46. The number of carbonyl (C=O) groups excluding carboxylic acids is 3. The molecule has 1 saturated carbocycles. The molecule has 4 unspecified atom stereocenters. The standard InChI is InChI=1S/C32H38N10O7/c1-19(42(17-22-10-6-4-7-11-22)32(45)46-18-23-12-8-5-9-13-23)27-15-14-24(36-39-33)29(49-27)28-25(37-40-34)16-26(38-41-35)30(47-20(2)43)31(28)48-21(3)44/h4-13,19,24-31H,14-18H2,1-3H3/t19-,24?,25?,26?,27+,28?,29+,30+,31+/m1/s1. The Labute approximate surface area is 282 Å². The van der Waals surface area contributed by atoms with E-state index in [9.17, 15) is 31.0 Å². The molecule has 17 heteroatoms. The molecule has 9 atom stereocenters. The van der Waals surface area contributed by atoms with Crippen LogP contribution >= 0.6 is 0 Å². The van der Waals surface area contributed by atoms with E-state index in [1.54, 1.807) is 4.90 Å². The average molecular weight is 675 g/mol. The number of benzene rings is 2. The summed E-state index contributed by atoms with van der Waals surface area (Å²) < 4.78 is 23.7. The van der Waals surface area contributed by atoms with Crippen LogP contribution in [0.5, 0.6) is 0 Å². The van der Waals surface area contributed by atoms with Crippen LogP contribution in [-0.4, -0.2) is 71.5 Å². The third kappa shape index (κ3) is 9.55. The minimum atomic E-state index is -1.31. The topological polar surface area (TPSA) is 238 Å². The van der Waals surface area contributed by atoms with E-state index < -0.39 is 72.5 Å². The van der Waals surface area contributed by atoms with Gasteiger partial charge in [-0.1, -0.05) is 76.0 Å². The molecule has 1 aliphatic heterocycles. The van der Waals surface area contributed by atoms with E-state index in [-0.39, 0.29) is 19.6 Å². The van der Waals surface area contributed by atoms with Gasteiger partial charge < -0.3 is 18.9 Å². The van der Waals surface area contributed by atoms with Crippen LogP contribution in [0.25, 0.3) is 31.3 Å². The van der Waals surface area contributed by atoms with Gasteiger partial charge in [0.2, 0.25) is 0 Å². The molecule has 1 heterocycles. The zero-order chi connectivity index (χ0) is 35.3. The first-order valence-electron chi connectivity index (χ1n) is 15.8. The van der Waals surface area contributed by atoms with Gasteiger partial charge in [-0.3, -0.25) is 14.5 Å². The van der Waals surface area contributed by atoms with E-state index in [4.69, 9.17) is 18.9 Å². The predicted molar refractivity (Wildman–Crippen MR) is 174 cm³/mol. The quantitative estimate of drug-likeness (QED) is 0.0776. The minimum absolute atomic E-state index is 0.0503. The lowest BCUT2D eigenvalue weighted by Gasteiger charge is -2.50. The van der Waals surface area contributed by atoms with Gasteiger partial charge in [0.15, 0.2) is 0 Å². The Balaban J connectivity index is 1.71. The van der Waals surface area contributed by atoms with Crippen molar-refractivity contribution in [2.75, 3.05) is 0 Å². The molecule has 1 aliphatic carbocycles. The summed E-state index contributed by atoms with van der Waals surface area (Å²) in [4.78, 5) is 48.7. The van der Waals surface area contributed by atoms with Crippen LogP contribution in [0.2, 0.25) is 0 Å². The Morgan fingerprint density at radius 1 is 0.816 bits per heavy atom. The maximum Gasteiger partial charge on any atom is 0.410 e. The molecule has 258 valence electrons. The normalized spacial score (nSPS) is 26.7. The number of hydrogen-bond acceptors (Lipinski definition) is 10. The Morgan fingerprint density at radius 2 is 1.37 bits per heavy atom. The van der Waals surface area contributed by atoms with E-state index >= 15 is 0 Å². The molecule has 1 amide bonds. The smallest absolute Gasteiger partial charge is 0.410 e. The number of amides is 1. The molecule has 0 radical (unpaired) electrons. The molecule has 49 heavy (non-hydrogen) atoms. The molecule has 0 bridgehead atoms. The van der Waals surface area contributed by atoms with Crippen LogP contribution in [0.4, 0.5) is 4.79 Å². The number of rotatable bonds is 12. The minimum Gasteiger partial charge on any atom is -0.458 e. The fourth-order valence-electron chi connectivity index (χ4n) is 6.56. The maximum absolute atomic E-state index is 13.7. The highest BCUT2D eigenvalue weighted by molar-refractivity contribution is 5.68. The van der Waals surface area contributed by atoms with Crippen LogP contribution in [0.1, 0.15) is 51.2 Å². The largest absolute Gasteiger partial charge is 0.458 e. The fraction of sp³-hybridized carbons (Fsp3) is 0.531. The number of carbonyl (C=O) groups is 3. The van der Waals surface area contributed by atoms with Crippen molar-refractivity contribution in [1.82, 2.24) is 4.90 Å². The molecular formula is C32H38N10O7. The molecule has 2 aromatic carbocycles. The van der Waals surface area contributed by atoms with E-state index in [1.165, 1.54) is 0 Å². The Morgan fingerprint density at radius 3 is 1.96 bits per heavy atom. The van der Waals surface area contributed by atoms with Gasteiger partial charge in [-0.2, -0.15) is 0 Å². The summed E-state index contributed by atoms with van der Waals surface area (Å²) in [6, 6.07) is 15.2. The lowest BCUT2D eigenvalue weighted by molar-refractivity contribution is -0.197. The molecule has 4 rings (SSSR count). The van der Waals surface area contributed by atoms with Gasteiger partial charge >= 0.3 is 18.0 Å². The van der Waals surface area contributed by atoms with Gasteiger partial charge in [-0.25, -0.2) is 4.79 Å². The van der Waals surface area contributed by atoms with Crippen molar-refractivity contribution in [2.24, 2.45) is 21.3 Å². The highest BCUT2D eigenvalue weighted by atomic mass is 16.6. The number of azide groups is 3. The third-order valence-electron chi connectivity index (χ3n) is 8.72. The first kappa shape index (κ1) is 36.4. The molecule has 2 aliphatic rings. The van der Waals surface area contributed by atoms with Gasteiger partial charge in [0.05, 0.1) is 30.3 Å². The van der Waals surface area contributed by atoms with E-state index in [1.807, 2.05) is 67.6 Å². The van der Waals surface area contributed by atoms with E-state index in [0.717, 1.165) is 25.0 Å². The number of nitrogens with zero attached hydrogens (tertiary/aromatic N) is 10. The summed E-state index contributed by atoms with van der Waals surface area (Å²) in [6.45, 7) is 4.37. The summed E-state index contributed by atoms with van der Waals surface area (Å²) in [5, 5.41) is 11.7. The van der Waals surface area contributed by atoms with Crippen molar-refractivity contribution in [3.63, 3.8) is 0 Å². The third-order valence-corrected chi connectivity index (χ3v) is 8.72. The summed E-state index contributed by atoms with van der Waals surface area (Å²) in [5.41, 5.74) is 30.0. The fourth-order valence-corrected chi connectivity index (χ4v) is 6.56. The van der Waals surface area contributed by atoms with Gasteiger partial charge in [-0.15, -0.1) is 0 Å². The zero-order valence-electron chi connectivity index (χ0n) is 27.3. The van der Waals surface area contributed by atoms with Gasteiger partial charge in [0.25, 0.3) is 0 Å². The van der Waals surface area contributed by atoms with Crippen LogP contribution in [-0.2, 0) is 41.7 Å². The molecule has 2 fully saturated rings. The summed E-state index contributed by atoms with van der Waals surface area (Å²) in [7, 11) is 0. The van der Waals surface area contributed by atoms with E-state index in [0.29, 0.717) is 12.8 Å². The molecule has 1 saturated heterocycles. The molecule has 0 spiro atoms. The number of ether oxygens (including phenoxy) is 4. The second-order valence-electron chi connectivity index (χ2n) is 11.9. The van der Waals surface area contributed by atoms with Crippen LogP contribution in [0.15, 0.2) is 76.0 Å². The predicted octanol–water partition coefficient (Wildman–Crippen LogP) is 6.68. The van der Waals surface area contributed by atoms with Crippen molar-refractivity contribution >= 4 is 18.0 Å². The van der Waals surface area contributed by atoms with Gasteiger partial charge in [-0.05, 0) is 53.9 Å². The summed E-state index contributed by atoms with van der Waals surface area (Å²) in [5.74, 6) is -2.48. The van der Waals surface area contributed by atoms with Gasteiger partial charge in [0, 0.05) is 47.1 Å². The number of hydrogen-bond donors (Lipinski definition) is 0. The first-order valence-corrected chi connectivity index (χ1v) is 15.8. The monoisotopic (exact) mass is 674 g/mol. The van der Waals surface area contributed by atoms with Crippen LogP contribution in [0, 0.1) is 5.92 Å². The molecule has 2 aromatic rings. The highest BCUT2D eigenvalue weighted by Crippen LogP contribution is 2.42. The lowest BCUT2D eigenvalue weighted by Crippen LogP contribution is -2.62. The van der Waals surface area contributed by atoms with Gasteiger partial charge in [0.1, 0.15) is 18.8 Å². The molecule has 17 nitrogen and oxygen atoms in total. The molecule has 0 N–H and O–H groups in total. The van der Waals surface area contributed by atoms with Crippen molar-refractivity contribution in [2.45, 2.75) is 102 Å². The second-order valence-corrected chi connectivity index (χ2v) is 11.9. The SMILES string of the molecule is CC(=O)O[C@H]1C(N=[N+]=[N-])CC(N=[N+]=[N-])C([C@H]2O[C@H]([C@@H](C)N(Cc3ccccc3)C(=O)OCc3ccccc3)CCC2N=[N+]=[N-])[C@@H]1OC(C)=O. The van der Waals surface area contributed by atoms with Crippen molar-refractivity contribution in [3.8, 4) is 0 Å². The second kappa shape index (κ2) is 17.6. The van der Waals surface area contributed by atoms with Crippen molar-refractivity contribution in [3.05, 3.63) is 103 Å². The summed E-state index contributed by atoms with van der Waals surface area (Å²) >= 11 is 0. The number of esters is 2. The lowest BCUT2D eigenvalue weighted by atomic mass is 9.72. The zero-order valence-corrected chi connectivity index (χ0v) is 27.3.